The topological polar surface area (TPSA) is 83.7 Å². The summed E-state index contributed by atoms with van der Waals surface area (Å²) < 4.78 is 0. The van der Waals surface area contributed by atoms with Crippen LogP contribution < -0.4 is 0 Å². The van der Waals surface area contributed by atoms with Crippen LogP contribution in [0, 0.1) is 16.0 Å². The van der Waals surface area contributed by atoms with Gasteiger partial charge in [0, 0.05) is 41.5 Å². The van der Waals surface area contributed by atoms with E-state index in [-0.39, 0.29) is 11.6 Å². The van der Waals surface area contributed by atoms with E-state index in [1.54, 1.807) is 23.5 Å². The van der Waals surface area contributed by atoms with Crippen molar-refractivity contribution in [2.24, 2.45) is 5.92 Å². The normalized spacial score (nSPS) is 15.5. The molecule has 1 fully saturated rings. The Labute approximate surface area is 130 Å². The Morgan fingerprint density at radius 1 is 1.27 bits per heavy atom. The van der Waals surface area contributed by atoms with E-state index in [2.05, 4.69) is 4.90 Å². The van der Waals surface area contributed by atoms with Crippen LogP contribution in [0.3, 0.4) is 0 Å². The van der Waals surface area contributed by atoms with Crippen molar-refractivity contribution in [1.29, 1.82) is 0 Å². The highest BCUT2D eigenvalue weighted by Gasteiger charge is 2.32. The number of thiophene rings is 1. The molecule has 0 amide bonds. The highest BCUT2D eigenvalue weighted by atomic mass is 32.1. The van der Waals surface area contributed by atoms with Crippen molar-refractivity contribution < 1.29 is 14.8 Å². The summed E-state index contributed by atoms with van der Waals surface area (Å²) in [5.74, 6) is -0.969. The number of carboxylic acid groups (broad SMARTS) is 1. The third-order valence-electron chi connectivity index (χ3n) is 3.71. The zero-order valence-corrected chi connectivity index (χ0v) is 12.5. The summed E-state index contributed by atoms with van der Waals surface area (Å²) in [6.07, 6.45) is 0. The molecule has 22 heavy (non-hydrogen) atoms. The smallest absolute Gasteiger partial charge is 0.309 e. The first-order valence-corrected chi connectivity index (χ1v) is 7.63. The minimum Gasteiger partial charge on any atom is -0.481 e. The second kappa shape index (κ2) is 5.86. The number of nitrogens with zero attached hydrogens (tertiary/aromatic N) is 2. The van der Waals surface area contributed by atoms with Crippen molar-refractivity contribution in [1.82, 2.24) is 4.90 Å². The molecule has 0 radical (unpaired) electrons. The zero-order chi connectivity index (χ0) is 15.7. The Hall–Kier alpha value is -2.25. The lowest BCUT2D eigenvalue weighted by Gasteiger charge is -2.36. The van der Waals surface area contributed by atoms with Gasteiger partial charge in [-0.2, -0.15) is 0 Å². The molecule has 7 heteroatoms. The van der Waals surface area contributed by atoms with Crippen LogP contribution in [0.1, 0.15) is 4.88 Å². The maximum absolute atomic E-state index is 10.8. The van der Waals surface area contributed by atoms with Gasteiger partial charge in [0.15, 0.2) is 0 Å². The first kappa shape index (κ1) is 14.7. The van der Waals surface area contributed by atoms with Crippen LogP contribution in [-0.2, 0) is 11.3 Å². The molecule has 1 N–H and O–H groups in total. The summed E-state index contributed by atoms with van der Waals surface area (Å²) in [7, 11) is 0. The number of nitro groups is 1. The fraction of sp³-hybridized carbons (Fsp3) is 0.267. The van der Waals surface area contributed by atoms with Gasteiger partial charge in [0.1, 0.15) is 0 Å². The van der Waals surface area contributed by atoms with E-state index in [0.29, 0.717) is 13.1 Å². The Kier molecular flexibility index (Phi) is 3.91. The van der Waals surface area contributed by atoms with Gasteiger partial charge in [0.25, 0.3) is 5.69 Å². The maximum atomic E-state index is 10.8. The van der Waals surface area contributed by atoms with E-state index < -0.39 is 10.9 Å². The van der Waals surface area contributed by atoms with Crippen LogP contribution in [-0.4, -0.2) is 34.0 Å². The lowest BCUT2D eigenvalue weighted by molar-refractivity contribution is -0.384. The van der Waals surface area contributed by atoms with Gasteiger partial charge in [0.2, 0.25) is 0 Å². The van der Waals surface area contributed by atoms with Crippen LogP contribution in [0.2, 0.25) is 0 Å². The molecular weight excluding hydrogens is 304 g/mol. The van der Waals surface area contributed by atoms with Crippen molar-refractivity contribution in [2.45, 2.75) is 6.54 Å². The summed E-state index contributed by atoms with van der Waals surface area (Å²) in [6, 6.07) is 10.5. The Morgan fingerprint density at radius 2 is 1.95 bits per heavy atom. The number of carbonyl (C=O) groups is 1. The summed E-state index contributed by atoms with van der Waals surface area (Å²) in [6.45, 7) is 1.95. The first-order valence-electron chi connectivity index (χ1n) is 6.81. The third kappa shape index (κ3) is 3.00. The molecule has 2 heterocycles. The number of carboxylic acids is 1. The molecule has 2 aromatic rings. The summed E-state index contributed by atoms with van der Waals surface area (Å²) in [5.41, 5.74) is 1.04. The van der Waals surface area contributed by atoms with E-state index in [9.17, 15) is 14.9 Å². The van der Waals surface area contributed by atoms with Crippen molar-refractivity contribution in [3.63, 3.8) is 0 Å². The van der Waals surface area contributed by atoms with Gasteiger partial charge in [-0.15, -0.1) is 11.3 Å². The molecule has 0 spiro atoms. The molecule has 1 aromatic carbocycles. The lowest BCUT2D eigenvalue weighted by Crippen LogP contribution is -2.49. The van der Waals surface area contributed by atoms with Gasteiger partial charge in [-0.25, -0.2) is 0 Å². The fourth-order valence-electron chi connectivity index (χ4n) is 2.44. The van der Waals surface area contributed by atoms with Crippen LogP contribution in [0.5, 0.6) is 0 Å². The van der Waals surface area contributed by atoms with Gasteiger partial charge in [0.05, 0.1) is 10.8 Å². The predicted octanol–water partition coefficient (Wildman–Crippen LogP) is 2.84. The van der Waals surface area contributed by atoms with Crippen molar-refractivity contribution in [3.05, 3.63) is 51.4 Å². The van der Waals surface area contributed by atoms with Crippen LogP contribution in [0.25, 0.3) is 10.4 Å². The average Bonchev–Trinajstić information content (AvgIpc) is 2.90. The largest absolute Gasteiger partial charge is 0.481 e. The quantitative estimate of drug-likeness (QED) is 0.677. The molecule has 0 unspecified atom stereocenters. The van der Waals surface area contributed by atoms with Crippen LogP contribution in [0.15, 0.2) is 36.4 Å². The zero-order valence-electron chi connectivity index (χ0n) is 11.6. The van der Waals surface area contributed by atoms with E-state index in [0.717, 1.165) is 21.9 Å². The molecule has 0 saturated carbocycles. The number of benzene rings is 1. The molecule has 0 bridgehead atoms. The summed E-state index contributed by atoms with van der Waals surface area (Å²) >= 11 is 1.63. The molecule has 114 valence electrons. The van der Waals surface area contributed by atoms with Gasteiger partial charge in [-0.3, -0.25) is 19.8 Å². The first-order chi connectivity index (χ1) is 10.5. The summed E-state index contributed by atoms with van der Waals surface area (Å²) in [4.78, 5) is 25.3. The van der Waals surface area contributed by atoms with Crippen LogP contribution in [0.4, 0.5) is 5.69 Å². The Balaban J connectivity index is 1.64. The second-order valence-corrected chi connectivity index (χ2v) is 6.47. The minimum atomic E-state index is -0.728. The number of likely N-dealkylation sites (tertiary alicyclic amines) is 1. The average molecular weight is 318 g/mol. The highest BCUT2D eigenvalue weighted by Crippen LogP contribution is 2.31. The van der Waals surface area contributed by atoms with Crippen LogP contribution >= 0.6 is 11.3 Å². The highest BCUT2D eigenvalue weighted by molar-refractivity contribution is 7.15. The molecule has 0 aliphatic carbocycles. The number of non-ortho nitro benzene ring substituents is 1. The Morgan fingerprint density at radius 3 is 2.55 bits per heavy atom. The Bertz CT molecular complexity index is 705. The van der Waals surface area contributed by atoms with Gasteiger partial charge < -0.3 is 5.11 Å². The van der Waals surface area contributed by atoms with E-state index in [4.69, 9.17) is 5.11 Å². The monoisotopic (exact) mass is 318 g/mol. The third-order valence-corrected chi connectivity index (χ3v) is 4.83. The molecule has 6 nitrogen and oxygen atoms in total. The maximum Gasteiger partial charge on any atom is 0.309 e. The number of rotatable bonds is 5. The summed E-state index contributed by atoms with van der Waals surface area (Å²) in [5, 5.41) is 19.5. The number of hydrogen-bond acceptors (Lipinski definition) is 5. The van der Waals surface area contributed by atoms with Crippen molar-refractivity contribution >= 4 is 23.0 Å². The molecule has 1 saturated heterocycles. The van der Waals surface area contributed by atoms with E-state index >= 15 is 0 Å². The number of hydrogen-bond donors (Lipinski definition) is 1. The van der Waals surface area contributed by atoms with Gasteiger partial charge >= 0.3 is 5.97 Å². The molecule has 1 aliphatic heterocycles. The number of aliphatic carboxylic acids is 1. The van der Waals surface area contributed by atoms with Crippen molar-refractivity contribution in [2.75, 3.05) is 13.1 Å². The predicted molar refractivity (Wildman–Crippen MR) is 82.8 cm³/mol. The molecular formula is C15H14N2O4S. The van der Waals surface area contributed by atoms with Crippen molar-refractivity contribution in [3.8, 4) is 10.4 Å². The molecule has 1 aliphatic rings. The van der Waals surface area contributed by atoms with Gasteiger partial charge in [-0.1, -0.05) is 0 Å². The second-order valence-electron chi connectivity index (χ2n) is 5.30. The fourth-order valence-corrected chi connectivity index (χ4v) is 3.50. The minimum absolute atomic E-state index is 0.0841. The molecule has 1 aromatic heterocycles. The molecule has 3 rings (SSSR count). The molecule has 0 atom stereocenters. The van der Waals surface area contributed by atoms with E-state index in [1.807, 2.05) is 12.1 Å². The number of nitro benzene ring substituents is 1. The lowest BCUT2D eigenvalue weighted by atomic mass is 10.0. The standard InChI is InChI=1S/C15H14N2O4S/c18-15(19)11-7-16(8-11)9-13-5-6-14(22-13)10-1-3-12(4-2-10)17(20)21/h1-6,11H,7-9H2,(H,18,19). The SMILES string of the molecule is O=C(O)C1CN(Cc2ccc(-c3ccc([N+](=O)[O-])cc3)s2)C1. The van der Waals surface area contributed by atoms with E-state index in [1.165, 1.54) is 12.1 Å². The van der Waals surface area contributed by atoms with Gasteiger partial charge in [-0.05, 0) is 29.8 Å².